The van der Waals surface area contributed by atoms with Crippen LogP contribution in [0.5, 0.6) is 0 Å². The fourth-order valence-electron chi connectivity index (χ4n) is 6.87. The van der Waals surface area contributed by atoms with Crippen LogP contribution in [-0.2, 0) is 47.4 Å². The summed E-state index contributed by atoms with van der Waals surface area (Å²) in [6, 6.07) is 34.0. The Morgan fingerprint density at radius 1 is 0.586 bits per heavy atom. The summed E-state index contributed by atoms with van der Waals surface area (Å²) < 4.78 is 56.4. The normalized spacial score (nSPS) is 28.1. The van der Waals surface area contributed by atoms with Gasteiger partial charge in [0.25, 0.3) is 0 Å². The second-order valence-corrected chi connectivity index (χ2v) is 15.7. The lowest BCUT2D eigenvalue weighted by Gasteiger charge is -2.50. The molecule has 3 fully saturated rings. The number of fused-ring (bicyclic) bond motifs is 1. The van der Waals surface area contributed by atoms with Gasteiger partial charge in [-0.05, 0) is 36.4 Å². The smallest absolute Gasteiger partial charge is 0.338 e. The number of hydrogen-bond donors (Lipinski definition) is 0. The van der Waals surface area contributed by atoms with Gasteiger partial charge in [0.2, 0.25) is 0 Å². The summed E-state index contributed by atoms with van der Waals surface area (Å²) in [4.78, 5) is 53.9. The molecule has 13 nitrogen and oxygen atoms in total. The van der Waals surface area contributed by atoms with Crippen molar-refractivity contribution in [1.29, 1.82) is 0 Å². The highest BCUT2D eigenvalue weighted by atomic mass is 32.2. The van der Waals surface area contributed by atoms with Gasteiger partial charge >= 0.3 is 23.9 Å². The first-order valence-corrected chi connectivity index (χ1v) is 19.9. The lowest BCUT2D eigenvalue weighted by molar-refractivity contribution is -0.348. The maximum Gasteiger partial charge on any atom is 0.338 e. The van der Waals surface area contributed by atoms with Crippen molar-refractivity contribution in [3.63, 3.8) is 0 Å². The molecule has 4 aromatic carbocycles. The monoisotopic (exact) mass is 812 g/mol. The Morgan fingerprint density at radius 2 is 1.10 bits per heavy atom. The van der Waals surface area contributed by atoms with Gasteiger partial charge in [-0.15, -0.1) is 11.8 Å². The van der Waals surface area contributed by atoms with E-state index in [1.165, 1.54) is 18.7 Å². The highest BCUT2D eigenvalue weighted by Gasteiger charge is 2.56. The minimum Gasteiger partial charge on any atom is -0.457 e. The molecule has 0 radical (unpaired) electrons. The molecule has 3 aliphatic rings. The average Bonchev–Trinajstić information content (AvgIpc) is 3.24. The molecule has 3 heterocycles. The fourth-order valence-corrected chi connectivity index (χ4v) is 7.99. The molecule has 0 aromatic heterocycles. The molecular formula is C44H44O13S. The Labute approximate surface area is 340 Å². The molecule has 3 saturated heterocycles. The van der Waals surface area contributed by atoms with Crippen LogP contribution in [0.25, 0.3) is 0 Å². The van der Waals surface area contributed by atoms with Crippen molar-refractivity contribution < 1.29 is 61.8 Å². The van der Waals surface area contributed by atoms with Crippen LogP contribution in [0.3, 0.4) is 0 Å². The second-order valence-electron chi connectivity index (χ2n) is 14.1. The second kappa shape index (κ2) is 19.1. The summed E-state index contributed by atoms with van der Waals surface area (Å²) in [5.74, 6) is -2.88. The van der Waals surface area contributed by atoms with Gasteiger partial charge in [0.15, 0.2) is 37.0 Å². The average molecular weight is 813 g/mol. The van der Waals surface area contributed by atoms with Gasteiger partial charge in [-0.25, -0.2) is 14.4 Å². The van der Waals surface area contributed by atoms with Crippen molar-refractivity contribution in [2.24, 2.45) is 0 Å². The van der Waals surface area contributed by atoms with Crippen LogP contribution in [-0.4, -0.2) is 96.8 Å². The van der Waals surface area contributed by atoms with Crippen molar-refractivity contribution >= 4 is 35.6 Å². The molecule has 4 aromatic rings. The quantitative estimate of drug-likeness (QED) is 0.116. The third-order valence-corrected chi connectivity index (χ3v) is 10.7. The molecule has 58 heavy (non-hydrogen) atoms. The van der Waals surface area contributed by atoms with Crippen molar-refractivity contribution in [2.75, 3.05) is 13.2 Å². The zero-order valence-corrected chi connectivity index (χ0v) is 32.8. The van der Waals surface area contributed by atoms with Gasteiger partial charge < -0.3 is 42.6 Å². The topological polar surface area (TPSA) is 151 Å². The van der Waals surface area contributed by atoms with Gasteiger partial charge in [-0.2, -0.15) is 0 Å². The third kappa shape index (κ3) is 9.95. The lowest BCUT2D eigenvalue weighted by Crippen LogP contribution is -2.65. The van der Waals surface area contributed by atoms with Gasteiger partial charge in [0.1, 0.15) is 23.7 Å². The molecular weight excluding hydrogens is 769 g/mol. The Kier molecular flexibility index (Phi) is 13.5. The van der Waals surface area contributed by atoms with E-state index in [-0.39, 0.29) is 35.2 Å². The van der Waals surface area contributed by atoms with Crippen LogP contribution in [0.15, 0.2) is 121 Å². The SMILES string of the molecule is CC(=O)O[C@H]1[C@H]2O[C@H](c3ccccc3)OC[C@H]2O[C@@H](SC(C)C)[C@@H]1O[C@@H]1OC[C@@H](OC(=O)c2ccccc2)[C@H](OC(=O)c2ccccc2)[C@H]1OC(=O)c1ccccc1. The fraction of sp³-hybridized carbons (Fsp3) is 0.364. The predicted octanol–water partition coefficient (Wildman–Crippen LogP) is 6.32. The van der Waals surface area contributed by atoms with Crippen LogP contribution in [0, 0.1) is 0 Å². The molecule has 0 N–H and O–H groups in total. The van der Waals surface area contributed by atoms with E-state index in [9.17, 15) is 19.2 Å². The van der Waals surface area contributed by atoms with E-state index in [1.54, 1.807) is 91.0 Å². The van der Waals surface area contributed by atoms with Crippen LogP contribution in [0.1, 0.15) is 63.7 Å². The molecule has 14 heteroatoms. The Balaban J connectivity index is 1.25. The molecule has 0 spiro atoms. The first-order valence-electron chi connectivity index (χ1n) is 19.0. The summed E-state index contributed by atoms with van der Waals surface area (Å²) in [6.07, 6.45) is -10.2. The molecule has 10 atom stereocenters. The van der Waals surface area contributed by atoms with E-state index in [0.29, 0.717) is 0 Å². The highest BCUT2D eigenvalue weighted by Crippen LogP contribution is 2.41. The van der Waals surface area contributed by atoms with E-state index in [0.717, 1.165) is 5.56 Å². The van der Waals surface area contributed by atoms with E-state index < -0.39 is 84.6 Å². The number of carbonyl (C=O) groups excluding carboxylic acids is 4. The number of ether oxygens (including phenoxy) is 9. The number of rotatable bonds is 12. The van der Waals surface area contributed by atoms with Gasteiger partial charge in [-0.3, -0.25) is 4.79 Å². The molecule has 7 rings (SSSR count). The number of benzene rings is 4. The van der Waals surface area contributed by atoms with Crippen LogP contribution >= 0.6 is 11.8 Å². The summed E-state index contributed by atoms with van der Waals surface area (Å²) in [5.41, 5.74) is 0.604. The predicted molar refractivity (Wildman–Crippen MR) is 208 cm³/mol. The minimum absolute atomic E-state index is 0.00783. The first-order chi connectivity index (χ1) is 28.1. The number of hydrogen-bond acceptors (Lipinski definition) is 14. The summed E-state index contributed by atoms with van der Waals surface area (Å²) >= 11 is 1.42. The van der Waals surface area contributed by atoms with Gasteiger partial charge in [0, 0.05) is 17.7 Å². The standard InChI is InChI=1S/C44H44O13S/c1-26(2)58-44-38(36(51-27(3)45)34-33(53-44)25-49-42(56-34)31-22-14-7-15-23-31)57-43-37(55-41(48)30-20-12-6-13-21-30)35(54-40(47)29-18-10-5-11-19-29)32(24-50-43)52-39(46)28-16-8-4-9-17-28/h4-23,26,32-38,42-44H,24-25H2,1-3H3/t32-,33-,34+,35+,36+,37-,38-,42-,43+,44+/m1/s1. The zero-order chi connectivity index (χ0) is 40.6. The van der Waals surface area contributed by atoms with E-state index >= 15 is 0 Å². The maximum atomic E-state index is 13.9. The molecule has 304 valence electrons. The van der Waals surface area contributed by atoms with E-state index in [1.807, 2.05) is 44.2 Å². The first kappa shape index (κ1) is 41.1. The van der Waals surface area contributed by atoms with E-state index in [4.69, 9.17) is 42.6 Å². The van der Waals surface area contributed by atoms with Crippen LogP contribution in [0.2, 0.25) is 0 Å². The molecule has 3 aliphatic heterocycles. The summed E-state index contributed by atoms with van der Waals surface area (Å²) in [5, 5.41) is 0.00783. The summed E-state index contributed by atoms with van der Waals surface area (Å²) in [6.45, 7) is 5.03. The third-order valence-electron chi connectivity index (χ3n) is 9.51. The largest absolute Gasteiger partial charge is 0.457 e. The Morgan fingerprint density at radius 3 is 1.64 bits per heavy atom. The molecule has 0 saturated carbocycles. The van der Waals surface area contributed by atoms with Crippen molar-refractivity contribution in [3.8, 4) is 0 Å². The van der Waals surface area contributed by atoms with Gasteiger partial charge in [-0.1, -0.05) is 98.8 Å². The van der Waals surface area contributed by atoms with Gasteiger partial charge in [0.05, 0.1) is 29.9 Å². The summed E-state index contributed by atoms with van der Waals surface area (Å²) in [7, 11) is 0. The minimum atomic E-state index is -1.53. The number of thioether (sulfide) groups is 1. The maximum absolute atomic E-state index is 13.9. The Bertz CT molecular complexity index is 1980. The van der Waals surface area contributed by atoms with Crippen LogP contribution in [0.4, 0.5) is 0 Å². The number of esters is 4. The molecule has 0 amide bonds. The van der Waals surface area contributed by atoms with Crippen molar-refractivity contribution in [1.82, 2.24) is 0 Å². The van der Waals surface area contributed by atoms with E-state index in [2.05, 4.69) is 0 Å². The molecule has 0 bridgehead atoms. The van der Waals surface area contributed by atoms with Crippen molar-refractivity contribution in [3.05, 3.63) is 144 Å². The lowest BCUT2D eigenvalue weighted by atomic mass is 9.97. The van der Waals surface area contributed by atoms with Crippen LogP contribution < -0.4 is 0 Å². The molecule has 0 aliphatic carbocycles. The zero-order valence-electron chi connectivity index (χ0n) is 32.0. The highest BCUT2D eigenvalue weighted by molar-refractivity contribution is 8.00. The Hall–Kier alpha value is -5.09. The van der Waals surface area contributed by atoms with Crippen molar-refractivity contribution in [2.45, 2.75) is 86.8 Å². The number of carbonyl (C=O) groups is 4. The molecule has 0 unspecified atom stereocenters.